The van der Waals surface area contributed by atoms with Crippen LogP contribution in [0.4, 0.5) is 0 Å². The Morgan fingerprint density at radius 2 is 1.28 bits per heavy atom. The predicted molar refractivity (Wildman–Crippen MR) is 126 cm³/mol. The van der Waals surface area contributed by atoms with Crippen molar-refractivity contribution in [2.45, 2.75) is 37.5 Å². The Morgan fingerprint density at radius 1 is 0.719 bits per heavy atom. The van der Waals surface area contributed by atoms with E-state index in [4.69, 9.17) is 0 Å². The summed E-state index contributed by atoms with van der Waals surface area (Å²) in [5.74, 6) is -0.538. The van der Waals surface area contributed by atoms with Crippen molar-refractivity contribution >= 4 is 11.6 Å². The Hall–Kier alpha value is -3.26. The molecule has 0 unspecified atom stereocenters. The van der Waals surface area contributed by atoms with E-state index >= 15 is 0 Å². The molecule has 5 atom stereocenters. The zero-order chi connectivity index (χ0) is 22.3. The highest BCUT2D eigenvalue weighted by Crippen LogP contribution is 2.75. The third-order valence-electron chi connectivity index (χ3n) is 8.82. The molecule has 158 valence electrons. The molecule has 3 aromatic carbocycles. The van der Waals surface area contributed by atoms with E-state index in [2.05, 4.69) is 68.4 Å². The van der Waals surface area contributed by atoms with Gasteiger partial charge in [-0.3, -0.25) is 9.59 Å². The molecule has 2 nitrogen and oxygen atoms in total. The van der Waals surface area contributed by atoms with E-state index in [1.54, 1.807) is 0 Å². The normalized spacial score (nSPS) is 34.8. The summed E-state index contributed by atoms with van der Waals surface area (Å²) >= 11 is 0. The highest BCUT2D eigenvalue weighted by atomic mass is 16.1. The number of benzene rings is 3. The van der Waals surface area contributed by atoms with Crippen LogP contribution in [0.5, 0.6) is 0 Å². The van der Waals surface area contributed by atoms with Crippen LogP contribution in [-0.4, -0.2) is 11.6 Å². The van der Waals surface area contributed by atoms with Crippen molar-refractivity contribution in [3.05, 3.63) is 119 Å². The van der Waals surface area contributed by atoms with E-state index in [1.807, 2.05) is 43.3 Å². The molecule has 32 heavy (non-hydrogen) atoms. The van der Waals surface area contributed by atoms with Gasteiger partial charge in [0.15, 0.2) is 11.6 Å². The summed E-state index contributed by atoms with van der Waals surface area (Å²) in [5, 5.41) is 0. The van der Waals surface area contributed by atoms with E-state index in [0.717, 1.165) is 22.3 Å². The molecule has 0 amide bonds. The van der Waals surface area contributed by atoms with Gasteiger partial charge < -0.3 is 0 Å². The lowest BCUT2D eigenvalue weighted by Gasteiger charge is -2.60. The van der Waals surface area contributed by atoms with Crippen molar-refractivity contribution in [3.63, 3.8) is 0 Å². The summed E-state index contributed by atoms with van der Waals surface area (Å²) in [7, 11) is 0. The highest BCUT2D eigenvalue weighted by molar-refractivity contribution is 6.11. The molecule has 0 aromatic heterocycles. The molecule has 1 saturated carbocycles. The van der Waals surface area contributed by atoms with Gasteiger partial charge in [-0.2, -0.15) is 0 Å². The molecule has 1 fully saturated rings. The lowest BCUT2D eigenvalue weighted by Crippen LogP contribution is -2.61. The molecule has 6 rings (SSSR count). The van der Waals surface area contributed by atoms with Crippen molar-refractivity contribution in [1.82, 2.24) is 0 Å². The molecular weight excluding hydrogens is 392 g/mol. The van der Waals surface area contributed by atoms with Crippen LogP contribution in [0.2, 0.25) is 0 Å². The summed E-state index contributed by atoms with van der Waals surface area (Å²) in [6.07, 6.45) is 1.83. The topological polar surface area (TPSA) is 34.1 Å². The van der Waals surface area contributed by atoms with Gasteiger partial charge in [-0.1, -0.05) is 97.4 Å². The van der Waals surface area contributed by atoms with Gasteiger partial charge in [-0.15, -0.1) is 0 Å². The van der Waals surface area contributed by atoms with Crippen molar-refractivity contribution in [3.8, 4) is 0 Å². The Balaban J connectivity index is 1.84. The number of Topliss-reactive ketones (excluding diaryl/α,β-unsaturated/α-hetero) is 1. The Bertz CT molecular complexity index is 1300. The number of hydrogen-bond acceptors (Lipinski definition) is 2. The molecule has 4 bridgehead atoms. The van der Waals surface area contributed by atoms with Gasteiger partial charge in [-0.25, -0.2) is 0 Å². The number of fused-ring (bicyclic) bond motifs is 3. The summed E-state index contributed by atoms with van der Waals surface area (Å²) in [4.78, 5) is 28.2. The van der Waals surface area contributed by atoms with E-state index in [9.17, 15) is 9.59 Å². The summed E-state index contributed by atoms with van der Waals surface area (Å²) in [5.41, 5.74) is 3.33. The lowest BCUT2D eigenvalue weighted by atomic mass is 9.40. The number of allylic oxidation sites excluding steroid dienone is 2. The average Bonchev–Trinajstić information content (AvgIpc) is 2.96. The Kier molecular flexibility index (Phi) is 3.74. The van der Waals surface area contributed by atoms with E-state index in [0.29, 0.717) is 0 Å². The largest absolute Gasteiger partial charge is 0.298 e. The summed E-state index contributed by atoms with van der Waals surface area (Å²) in [6.45, 7) is 6.30. The zero-order valence-electron chi connectivity index (χ0n) is 18.6. The Morgan fingerprint density at radius 3 is 1.94 bits per heavy atom. The van der Waals surface area contributed by atoms with Crippen LogP contribution >= 0.6 is 0 Å². The van der Waals surface area contributed by atoms with E-state index < -0.39 is 22.2 Å². The maximum absolute atomic E-state index is 14.5. The first-order chi connectivity index (χ1) is 15.4. The lowest BCUT2D eigenvalue weighted by molar-refractivity contribution is -0.129. The minimum absolute atomic E-state index is 0.0836. The fraction of sp³-hybridized carbons (Fsp3) is 0.267. The third-order valence-corrected chi connectivity index (χ3v) is 8.82. The summed E-state index contributed by atoms with van der Waals surface area (Å²) in [6, 6.07) is 28.9. The number of rotatable bonds is 2. The number of hydrogen-bond donors (Lipinski definition) is 0. The fourth-order valence-electron chi connectivity index (χ4n) is 7.90. The minimum Gasteiger partial charge on any atom is -0.298 e. The second kappa shape index (κ2) is 6.16. The standard InChI is InChI=1S/C30H26O2/c1-19-18-24(31)26-28(2)22-16-10-11-17-23(22)30(19,21-14-8-5-9-15-21)29(26,3)25(27(28)32)20-12-6-4-7-13-20/h4-18,25-26H,1-3H3/t25-,26+,28-,29+,30+/m0/s1. The molecule has 0 N–H and O–H groups in total. The van der Waals surface area contributed by atoms with Crippen molar-refractivity contribution < 1.29 is 9.59 Å². The van der Waals surface area contributed by atoms with Gasteiger partial charge in [0.25, 0.3) is 0 Å². The fourth-order valence-corrected chi connectivity index (χ4v) is 7.90. The first-order valence-corrected chi connectivity index (χ1v) is 11.4. The van der Waals surface area contributed by atoms with Gasteiger partial charge in [0.05, 0.1) is 11.3 Å². The van der Waals surface area contributed by atoms with Gasteiger partial charge in [-0.05, 0) is 42.2 Å². The van der Waals surface area contributed by atoms with Gasteiger partial charge >= 0.3 is 0 Å². The quantitative estimate of drug-likeness (QED) is 0.530. The van der Waals surface area contributed by atoms with Crippen LogP contribution < -0.4 is 0 Å². The van der Waals surface area contributed by atoms with Gasteiger partial charge in [0.1, 0.15) is 0 Å². The average molecular weight is 419 g/mol. The van der Waals surface area contributed by atoms with Crippen molar-refractivity contribution in [2.24, 2.45) is 11.3 Å². The van der Waals surface area contributed by atoms with Crippen LogP contribution in [0.3, 0.4) is 0 Å². The maximum atomic E-state index is 14.5. The molecule has 0 saturated heterocycles. The molecule has 0 heterocycles. The van der Waals surface area contributed by atoms with E-state index in [1.165, 1.54) is 5.56 Å². The molecule has 0 spiro atoms. The zero-order valence-corrected chi connectivity index (χ0v) is 18.6. The van der Waals surface area contributed by atoms with Crippen LogP contribution in [0.15, 0.2) is 96.6 Å². The van der Waals surface area contributed by atoms with Crippen LogP contribution in [0, 0.1) is 11.3 Å². The maximum Gasteiger partial charge on any atom is 0.160 e. The second-order valence-electron chi connectivity index (χ2n) is 10.0. The molecule has 0 radical (unpaired) electrons. The van der Waals surface area contributed by atoms with Crippen molar-refractivity contribution in [1.29, 1.82) is 0 Å². The first-order valence-electron chi connectivity index (χ1n) is 11.4. The molecule has 2 heteroatoms. The second-order valence-corrected chi connectivity index (χ2v) is 10.0. The van der Waals surface area contributed by atoms with Crippen LogP contribution in [0.25, 0.3) is 0 Å². The predicted octanol–water partition coefficient (Wildman–Crippen LogP) is 5.76. The van der Waals surface area contributed by atoms with Crippen LogP contribution in [0.1, 0.15) is 48.9 Å². The summed E-state index contributed by atoms with van der Waals surface area (Å²) < 4.78 is 0. The molecule has 3 aliphatic rings. The Labute approximate surface area is 189 Å². The monoisotopic (exact) mass is 418 g/mol. The first kappa shape index (κ1) is 19.4. The molecule has 3 aliphatic carbocycles. The SMILES string of the molecule is CC1=CC(=O)[C@H]2[C@@]3(C)[C@@H](c4ccccc4)C(=O)[C@@]2(C)c2ccccc2[C@]13c1ccccc1. The van der Waals surface area contributed by atoms with Gasteiger partial charge in [0.2, 0.25) is 0 Å². The molecule has 3 aromatic rings. The number of ketones is 2. The van der Waals surface area contributed by atoms with E-state index in [-0.39, 0.29) is 17.5 Å². The smallest absolute Gasteiger partial charge is 0.160 e. The number of carbonyl (C=O) groups is 2. The van der Waals surface area contributed by atoms with Gasteiger partial charge in [0, 0.05) is 16.7 Å². The highest BCUT2D eigenvalue weighted by Gasteiger charge is 2.78. The third kappa shape index (κ3) is 1.89. The molecular formula is C30H26O2. The van der Waals surface area contributed by atoms with Crippen LogP contribution in [-0.2, 0) is 20.4 Å². The minimum atomic E-state index is -0.849. The van der Waals surface area contributed by atoms with Crippen molar-refractivity contribution in [2.75, 3.05) is 0 Å². The molecule has 0 aliphatic heterocycles. The number of carbonyl (C=O) groups excluding carboxylic acids is 2.